The highest BCUT2D eigenvalue weighted by Crippen LogP contribution is 2.43. The summed E-state index contributed by atoms with van der Waals surface area (Å²) < 4.78 is 0. The third-order valence-electron chi connectivity index (χ3n) is 4.27. The predicted molar refractivity (Wildman–Crippen MR) is 62.6 cm³/mol. The SMILES string of the molecule is CC1CN(C(=O)C2(C(=O)O)CCC2)CCN1C. The van der Waals surface area contributed by atoms with E-state index >= 15 is 0 Å². The lowest BCUT2D eigenvalue weighted by molar-refractivity contribution is -0.168. The summed E-state index contributed by atoms with van der Waals surface area (Å²) >= 11 is 0. The molecule has 1 aliphatic carbocycles. The van der Waals surface area contributed by atoms with Crippen molar-refractivity contribution >= 4 is 11.9 Å². The van der Waals surface area contributed by atoms with Crippen molar-refractivity contribution in [3.63, 3.8) is 0 Å². The Bertz CT molecular complexity index is 339. The molecule has 1 saturated carbocycles. The number of likely N-dealkylation sites (N-methyl/N-ethyl adjacent to an activating group) is 1. The van der Waals surface area contributed by atoms with Crippen LogP contribution in [-0.4, -0.2) is 59.5 Å². The molecule has 1 heterocycles. The Morgan fingerprint density at radius 2 is 1.94 bits per heavy atom. The second kappa shape index (κ2) is 4.29. The van der Waals surface area contributed by atoms with Gasteiger partial charge in [0.05, 0.1) is 0 Å². The monoisotopic (exact) mass is 240 g/mol. The number of hydrogen-bond donors (Lipinski definition) is 1. The zero-order valence-corrected chi connectivity index (χ0v) is 10.5. The van der Waals surface area contributed by atoms with Crippen LogP contribution in [0.2, 0.25) is 0 Å². The van der Waals surface area contributed by atoms with Crippen molar-refractivity contribution in [3.8, 4) is 0 Å². The molecule has 1 saturated heterocycles. The molecule has 5 nitrogen and oxygen atoms in total. The molecule has 2 rings (SSSR count). The minimum absolute atomic E-state index is 0.170. The van der Waals surface area contributed by atoms with E-state index < -0.39 is 11.4 Å². The number of carbonyl (C=O) groups excluding carboxylic acids is 1. The van der Waals surface area contributed by atoms with Gasteiger partial charge in [-0.15, -0.1) is 0 Å². The maximum absolute atomic E-state index is 12.3. The first-order chi connectivity index (χ1) is 7.97. The number of nitrogens with zero attached hydrogens (tertiary/aromatic N) is 2. The predicted octanol–water partition coefficient (Wildman–Crippen LogP) is 0.404. The van der Waals surface area contributed by atoms with E-state index in [1.54, 1.807) is 4.90 Å². The second-order valence-corrected chi connectivity index (χ2v) is 5.32. The topological polar surface area (TPSA) is 60.9 Å². The molecule has 1 N–H and O–H groups in total. The van der Waals surface area contributed by atoms with Crippen LogP contribution in [0.5, 0.6) is 0 Å². The van der Waals surface area contributed by atoms with Crippen LogP contribution < -0.4 is 0 Å². The molecule has 0 aromatic rings. The Morgan fingerprint density at radius 1 is 1.29 bits per heavy atom. The number of rotatable bonds is 2. The molecule has 0 spiro atoms. The molecule has 2 aliphatic rings. The van der Waals surface area contributed by atoms with Crippen LogP contribution in [0.1, 0.15) is 26.2 Å². The summed E-state index contributed by atoms with van der Waals surface area (Å²) in [5.41, 5.74) is -1.10. The van der Waals surface area contributed by atoms with E-state index in [4.69, 9.17) is 0 Å². The lowest BCUT2D eigenvalue weighted by atomic mass is 9.67. The highest BCUT2D eigenvalue weighted by Gasteiger charge is 2.53. The van der Waals surface area contributed by atoms with Gasteiger partial charge < -0.3 is 14.9 Å². The summed E-state index contributed by atoms with van der Waals surface area (Å²) in [5, 5.41) is 9.24. The number of carbonyl (C=O) groups is 2. The Kier molecular flexibility index (Phi) is 3.12. The molecule has 1 unspecified atom stereocenters. The van der Waals surface area contributed by atoms with E-state index in [0.717, 1.165) is 13.0 Å². The van der Waals surface area contributed by atoms with Crippen LogP contribution in [0.3, 0.4) is 0 Å². The van der Waals surface area contributed by atoms with Crippen LogP contribution in [0.15, 0.2) is 0 Å². The fourth-order valence-corrected chi connectivity index (χ4v) is 2.59. The summed E-state index contributed by atoms with van der Waals surface area (Å²) in [7, 11) is 2.03. The normalized spacial score (nSPS) is 28.6. The number of hydrogen-bond acceptors (Lipinski definition) is 3. The van der Waals surface area contributed by atoms with Crippen LogP contribution >= 0.6 is 0 Å². The standard InChI is InChI=1S/C12H20N2O3/c1-9-8-14(7-6-13(9)2)10(15)12(11(16)17)4-3-5-12/h9H,3-8H2,1-2H3,(H,16,17). The van der Waals surface area contributed by atoms with Crippen molar-refractivity contribution in [1.82, 2.24) is 9.80 Å². The summed E-state index contributed by atoms with van der Waals surface area (Å²) in [6.07, 6.45) is 1.85. The molecule has 1 aliphatic heterocycles. The fraction of sp³-hybridized carbons (Fsp3) is 0.833. The van der Waals surface area contributed by atoms with E-state index in [-0.39, 0.29) is 5.91 Å². The van der Waals surface area contributed by atoms with Gasteiger partial charge in [-0.3, -0.25) is 9.59 Å². The molecule has 5 heteroatoms. The highest BCUT2D eigenvalue weighted by molar-refractivity contribution is 6.02. The second-order valence-electron chi connectivity index (χ2n) is 5.32. The molecule has 1 atom stereocenters. The third kappa shape index (κ3) is 1.92. The Balaban J connectivity index is 2.07. The van der Waals surface area contributed by atoms with Crippen molar-refractivity contribution in [1.29, 1.82) is 0 Å². The summed E-state index contributed by atoms with van der Waals surface area (Å²) in [4.78, 5) is 27.5. The zero-order valence-electron chi connectivity index (χ0n) is 10.5. The molecule has 1 amide bonds. The Labute approximate surface area is 101 Å². The van der Waals surface area contributed by atoms with Gasteiger partial charge in [0, 0.05) is 25.7 Å². The van der Waals surface area contributed by atoms with Gasteiger partial charge in [0.2, 0.25) is 5.91 Å². The lowest BCUT2D eigenvalue weighted by Crippen LogP contribution is -2.59. The lowest BCUT2D eigenvalue weighted by Gasteiger charge is -2.44. The van der Waals surface area contributed by atoms with E-state index in [2.05, 4.69) is 11.8 Å². The largest absolute Gasteiger partial charge is 0.480 e. The maximum Gasteiger partial charge on any atom is 0.319 e. The van der Waals surface area contributed by atoms with Gasteiger partial charge in [-0.05, 0) is 26.8 Å². The molecule has 0 aromatic heterocycles. The molecule has 0 radical (unpaired) electrons. The first kappa shape index (κ1) is 12.4. The zero-order chi connectivity index (χ0) is 12.6. The molecule has 0 aromatic carbocycles. The van der Waals surface area contributed by atoms with E-state index in [0.29, 0.717) is 32.0 Å². The number of aliphatic carboxylic acids is 1. The molecule has 96 valence electrons. The minimum Gasteiger partial charge on any atom is -0.480 e. The number of carboxylic acid groups (broad SMARTS) is 1. The number of piperazine rings is 1. The van der Waals surface area contributed by atoms with E-state index in [9.17, 15) is 14.7 Å². The molecule has 17 heavy (non-hydrogen) atoms. The van der Waals surface area contributed by atoms with Crippen LogP contribution in [0.25, 0.3) is 0 Å². The molecular weight excluding hydrogens is 220 g/mol. The smallest absolute Gasteiger partial charge is 0.319 e. The van der Waals surface area contributed by atoms with E-state index in [1.165, 1.54) is 0 Å². The van der Waals surface area contributed by atoms with Crippen molar-refractivity contribution in [3.05, 3.63) is 0 Å². The molecule has 0 bridgehead atoms. The molecular formula is C12H20N2O3. The average molecular weight is 240 g/mol. The van der Waals surface area contributed by atoms with Gasteiger partial charge in [0.15, 0.2) is 0 Å². The summed E-state index contributed by atoms with van der Waals surface area (Å²) in [6, 6.07) is 0.304. The van der Waals surface area contributed by atoms with Gasteiger partial charge in [-0.2, -0.15) is 0 Å². The minimum atomic E-state index is -1.10. The summed E-state index contributed by atoms with van der Waals surface area (Å²) in [5.74, 6) is -1.11. The van der Waals surface area contributed by atoms with Gasteiger partial charge in [0.1, 0.15) is 5.41 Å². The number of carboxylic acids is 1. The van der Waals surface area contributed by atoms with Crippen molar-refractivity contribution in [2.75, 3.05) is 26.7 Å². The molecule has 2 fully saturated rings. The van der Waals surface area contributed by atoms with Crippen molar-refractivity contribution in [2.24, 2.45) is 5.41 Å². The van der Waals surface area contributed by atoms with Crippen molar-refractivity contribution < 1.29 is 14.7 Å². The Hall–Kier alpha value is -1.10. The van der Waals surface area contributed by atoms with Crippen molar-refractivity contribution in [2.45, 2.75) is 32.2 Å². The quantitative estimate of drug-likeness (QED) is 0.710. The summed E-state index contributed by atoms with van der Waals surface area (Å²) in [6.45, 7) is 4.18. The van der Waals surface area contributed by atoms with Crippen LogP contribution in [0, 0.1) is 5.41 Å². The van der Waals surface area contributed by atoms with E-state index in [1.807, 2.05) is 7.05 Å². The van der Waals surface area contributed by atoms with Gasteiger partial charge >= 0.3 is 5.97 Å². The third-order valence-corrected chi connectivity index (χ3v) is 4.27. The first-order valence-corrected chi connectivity index (χ1v) is 6.20. The van der Waals surface area contributed by atoms with Crippen LogP contribution in [-0.2, 0) is 9.59 Å². The first-order valence-electron chi connectivity index (χ1n) is 6.20. The average Bonchev–Trinajstić information content (AvgIpc) is 2.19. The Morgan fingerprint density at radius 3 is 2.35 bits per heavy atom. The van der Waals surface area contributed by atoms with Gasteiger partial charge in [0.25, 0.3) is 0 Å². The van der Waals surface area contributed by atoms with Crippen LogP contribution in [0.4, 0.5) is 0 Å². The number of amides is 1. The van der Waals surface area contributed by atoms with Gasteiger partial charge in [-0.1, -0.05) is 6.42 Å². The van der Waals surface area contributed by atoms with Gasteiger partial charge in [-0.25, -0.2) is 0 Å². The fourth-order valence-electron chi connectivity index (χ4n) is 2.59. The maximum atomic E-state index is 12.3. The highest BCUT2D eigenvalue weighted by atomic mass is 16.4.